The summed E-state index contributed by atoms with van der Waals surface area (Å²) < 4.78 is 54.4. The summed E-state index contributed by atoms with van der Waals surface area (Å²) in [4.78, 5) is 4.44. The first-order valence-corrected chi connectivity index (χ1v) is 11.2. The number of rotatable bonds is 3. The van der Waals surface area contributed by atoms with Crippen molar-refractivity contribution in [3.05, 3.63) is 47.4 Å². The van der Waals surface area contributed by atoms with E-state index in [9.17, 15) is 4.39 Å². The van der Waals surface area contributed by atoms with Crippen LogP contribution in [0.5, 0.6) is 0 Å². The van der Waals surface area contributed by atoms with E-state index < -0.39 is 32.5 Å². The Labute approximate surface area is 167 Å². The van der Waals surface area contributed by atoms with Crippen molar-refractivity contribution in [1.29, 1.82) is 0 Å². The number of halogens is 1. The van der Waals surface area contributed by atoms with Crippen molar-refractivity contribution in [2.75, 3.05) is 0 Å². The van der Waals surface area contributed by atoms with Gasteiger partial charge in [-0.1, -0.05) is 58.9 Å². The fourth-order valence-corrected chi connectivity index (χ4v) is 3.77. The molecule has 1 nitrogen and oxygen atoms in total. The van der Waals surface area contributed by atoms with Crippen molar-refractivity contribution < 1.29 is 31.3 Å². The maximum absolute atomic E-state index is 13.7. The van der Waals surface area contributed by atoms with Gasteiger partial charge < -0.3 is 4.98 Å². The zero-order valence-corrected chi connectivity index (χ0v) is 18.4. The van der Waals surface area contributed by atoms with Gasteiger partial charge in [0.2, 0.25) is 0 Å². The summed E-state index contributed by atoms with van der Waals surface area (Å²) in [6, 6.07) is 6.38. The molecule has 1 aromatic heterocycles. The summed E-state index contributed by atoms with van der Waals surface area (Å²) in [6.45, 7) is 9.31. The van der Waals surface area contributed by atoms with Crippen molar-refractivity contribution >= 4 is 13.3 Å². The van der Waals surface area contributed by atoms with E-state index in [1.165, 1.54) is 0 Å². The van der Waals surface area contributed by atoms with Crippen LogP contribution in [0.1, 0.15) is 38.8 Å². The van der Waals surface area contributed by atoms with Gasteiger partial charge in [-0.2, -0.15) is 0 Å². The fourth-order valence-electron chi connectivity index (χ4n) is 2.38. The molecule has 0 saturated carbocycles. The Morgan fingerprint density at radius 2 is 1.96 bits per heavy atom. The number of aryl methyl sites for hydroxylation is 1. The van der Waals surface area contributed by atoms with Crippen LogP contribution < -0.4 is 5.19 Å². The fraction of sp³-hybridized carbons (Fsp3) is 0.450. The Kier molecular flexibility index (Phi) is 4.54. The van der Waals surface area contributed by atoms with Crippen molar-refractivity contribution in [3.8, 4) is 11.3 Å². The molecule has 0 saturated heterocycles. The van der Waals surface area contributed by atoms with E-state index in [4.69, 9.17) is 6.85 Å². The van der Waals surface area contributed by atoms with Crippen LogP contribution in [0.15, 0.2) is 24.4 Å². The molecule has 0 amide bonds. The maximum Gasteiger partial charge on any atom is 0.0798 e. The van der Waals surface area contributed by atoms with Gasteiger partial charge in [-0.05, 0) is 22.7 Å². The van der Waals surface area contributed by atoms with E-state index in [0.29, 0.717) is 5.56 Å². The number of hydrogen-bond acceptors (Lipinski definition) is 1. The molecule has 1 heterocycles. The van der Waals surface area contributed by atoms with Crippen LogP contribution in [0.3, 0.4) is 0 Å². The molecule has 0 atom stereocenters. The monoisotopic (exact) mass is 526 g/mol. The Morgan fingerprint density at radius 1 is 1.29 bits per heavy atom. The van der Waals surface area contributed by atoms with Crippen LogP contribution in [0, 0.1) is 24.2 Å². The van der Waals surface area contributed by atoms with E-state index in [2.05, 4.69) is 30.7 Å². The molecule has 0 aliphatic carbocycles. The minimum atomic E-state index is -2.53. The van der Waals surface area contributed by atoms with Gasteiger partial charge in [-0.15, -0.1) is 29.3 Å². The van der Waals surface area contributed by atoms with Crippen LogP contribution in [-0.4, -0.2) is 13.1 Å². The van der Waals surface area contributed by atoms with Gasteiger partial charge >= 0.3 is 0 Å². The second-order valence-electron chi connectivity index (χ2n) is 7.85. The van der Waals surface area contributed by atoms with Gasteiger partial charge in [0.15, 0.2) is 0 Å². The zero-order valence-electron chi connectivity index (χ0n) is 20.0. The topological polar surface area (TPSA) is 12.9 Å². The molecule has 1 aromatic carbocycles. The van der Waals surface area contributed by atoms with Crippen LogP contribution in [-0.2, 0) is 26.5 Å². The third kappa shape index (κ3) is 5.34. The first kappa shape index (κ1) is 14.3. The Bertz CT molecular complexity index is 886. The Morgan fingerprint density at radius 3 is 2.50 bits per heavy atom. The van der Waals surface area contributed by atoms with E-state index in [1.807, 2.05) is 20.8 Å². The molecule has 24 heavy (non-hydrogen) atoms. The minimum Gasteiger partial charge on any atom is -0.305 e. The maximum atomic E-state index is 13.7. The quantitative estimate of drug-likeness (QED) is 0.400. The van der Waals surface area contributed by atoms with Gasteiger partial charge in [-0.25, -0.2) is 0 Å². The molecule has 4 heteroatoms. The van der Waals surface area contributed by atoms with Crippen LogP contribution in [0.25, 0.3) is 11.3 Å². The summed E-state index contributed by atoms with van der Waals surface area (Å²) >= 11 is 0. The summed E-state index contributed by atoms with van der Waals surface area (Å²) in [7, 11) is -1.93. The molecule has 133 valence electrons. The van der Waals surface area contributed by atoms with Gasteiger partial charge in [0, 0.05) is 39.0 Å². The van der Waals surface area contributed by atoms with Gasteiger partial charge in [0.1, 0.15) is 0 Å². The summed E-state index contributed by atoms with van der Waals surface area (Å²) in [5.74, 6) is -0.682. The van der Waals surface area contributed by atoms with Gasteiger partial charge in [-0.3, -0.25) is 4.39 Å². The first-order chi connectivity index (χ1) is 12.5. The molecule has 0 spiro atoms. The molecule has 2 rings (SSSR count). The minimum absolute atomic E-state index is 0. The largest absolute Gasteiger partial charge is 0.305 e. The predicted octanol–water partition coefficient (Wildman–Crippen LogP) is 5.13. The third-order valence-corrected chi connectivity index (χ3v) is 5.40. The van der Waals surface area contributed by atoms with E-state index in [0.717, 1.165) is 17.3 Å². The number of hydrogen-bond donors (Lipinski definition) is 0. The van der Waals surface area contributed by atoms with Crippen LogP contribution >= 0.6 is 0 Å². The van der Waals surface area contributed by atoms with Gasteiger partial charge in [0.05, 0.1) is 8.07 Å². The van der Waals surface area contributed by atoms with Crippen molar-refractivity contribution in [1.82, 2.24) is 4.98 Å². The molecule has 0 fully saturated rings. The average Bonchev–Trinajstić information content (AvgIpc) is 2.51. The second-order valence-corrected chi connectivity index (χ2v) is 12.9. The normalized spacial score (nSPS) is 16.2. The van der Waals surface area contributed by atoms with Crippen molar-refractivity contribution in [2.45, 2.75) is 53.6 Å². The van der Waals surface area contributed by atoms with Crippen molar-refractivity contribution in [2.24, 2.45) is 5.41 Å². The first-order valence-electron chi connectivity index (χ1n) is 10.2. The Hall–Kier alpha value is -0.834. The average molecular weight is 526 g/mol. The molecule has 0 aliphatic rings. The van der Waals surface area contributed by atoms with E-state index in [-0.39, 0.29) is 36.9 Å². The molecule has 0 aliphatic heterocycles. The number of pyridine rings is 1. The molecular weight excluding hydrogens is 494 g/mol. The molecule has 2 aromatic rings. The summed E-state index contributed by atoms with van der Waals surface area (Å²) in [5, 5.41) is 0.883. The SMILES string of the molecule is [2H]C([2H])([2H])c1cc(F)c[c-]c1-c1cc(C([2H])([2H])C(C)(C)C)c([Si](C)(C)C)cn1.[Ir]. The third-order valence-electron chi connectivity index (χ3n) is 3.38. The van der Waals surface area contributed by atoms with E-state index in [1.54, 1.807) is 12.3 Å². The smallest absolute Gasteiger partial charge is 0.0798 e. The van der Waals surface area contributed by atoms with Gasteiger partial charge in [0.25, 0.3) is 0 Å². The predicted molar refractivity (Wildman–Crippen MR) is 99.3 cm³/mol. The number of benzene rings is 1. The zero-order chi connectivity index (χ0) is 21.7. The van der Waals surface area contributed by atoms with Crippen LogP contribution in [0.4, 0.5) is 4.39 Å². The molecular formula is C20H27FIrNSi-. The standard InChI is InChI=1S/C20H27FNSi.Ir/c1-14-10-16(21)8-9-17(14)18-11-15(12-20(2,3)4)19(13-22-18)23(5,6)7;/h8,10-11,13H,12H2,1-7H3;/q-1;/i1D3,12D2;. The molecule has 0 unspecified atom stereocenters. The van der Waals surface area contributed by atoms with E-state index >= 15 is 0 Å². The Balaban J connectivity index is 0.00000420. The van der Waals surface area contributed by atoms with Crippen LogP contribution in [0.2, 0.25) is 19.6 Å². The number of aromatic nitrogens is 1. The summed E-state index contributed by atoms with van der Waals surface area (Å²) in [5.41, 5.74) is 0.117. The van der Waals surface area contributed by atoms with Crippen molar-refractivity contribution in [3.63, 3.8) is 0 Å². The second kappa shape index (κ2) is 7.59. The summed E-state index contributed by atoms with van der Waals surface area (Å²) in [6.07, 6.45) is -0.0125. The molecule has 0 N–H and O–H groups in total. The number of nitrogens with zero attached hydrogens (tertiary/aromatic N) is 1. The molecule has 1 radical (unpaired) electrons. The molecule has 0 bridgehead atoms.